The summed E-state index contributed by atoms with van der Waals surface area (Å²) in [6.07, 6.45) is 4.14. The van der Waals surface area contributed by atoms with Crippen LogP contribution in [-0.2, 0) is 14.3 Å². The molecule has 0 bridgehead atoms. The zero-order valence-corrected chi connectivity index (χ0v) is 16.9. The van der Waals surface area contributed by atoms with Crippen LogP contribution in [0, 0.1) is 0 Å². The summed E-state index contributed by atoms with van der Waals surface area (Å²) in [5, 5.41) is 2.75. The van der Waals surface area contributed by atoms with Gasteiger partial charge >= 0.3 is 5.97 Å². The van der Waals surface area contributed by atoms with Crippen LogP contribution in [0.2, 0.25) is 0 Å². The quantitative estimate of drug-likeness (QED) is 0.347. The fourth-order valence-corrected chi connectivity index (χ4v) is 2.36. The first-order valence-electron chi connectivity index (χ1n) is 9.69. The summed E-state index contributed by atoms with van der Waals surface area (Å²) in [7, 11) is 0. The van der Waals surface area contributed by atoms with Gasteiger partial charge in [-0.3, -0.25) is 4.79 Å². The number of amides is 1. The third-order valence-corrected chi connectivity index (χ3v) is 3.83. The van der Waals surface area contributed by atoms with Crippen molar-refractivity contribution in [2.45, 2.75) is 20.3 Å². The van der Waals surface area contributed by atoms with Crippen LogP contribution in [-0.4, -0.2) is 38.3 Å². The molecule has 0 saturated heterocycles. The molecule has 2 aromatic carbocycles. The Bertz CT molecular complexity index is 797. The Kier molecular flexibility index (Phi) is 9.45. The number of benzene rings is 2. The molecule has 2 rings (SSSR count). The van der Waals surface area contributed by atoms with Crippen molar-refractivity contribution < 1.29 is 23.8 Å². The molecule has 0 fully saturated rings. The van der Waals surface area contributed by atoms with E-state index in [1.165, 1.54) is 6.08 Å². The van der Waals surface area contributed by atoms with Crippen LogP contribution in [0.3, 0.4) is 0 Å². The lowest BCUT2D eigenvalue weighted by atomic mass is 10.2. The number of ether oxygens (including phenoxy) is 3. The highest BCUT2D eigenvalue weighted by Gasteiger charge is 2.07. The SMILES string of the molecule is CCCOc1ccc(/C=C/C(=O)Nc2ccc(C(=O)OCCOCC)cc2)cc1. The maximum absolute atomic E-state index is 12.1. The van der Waals surface area contributed by atoms with Crippen LogP contribution in [0.5, 0.6) is 5.75 Å². The lowest BCUT2D eigenvalue weighted by molar-refractivity contribution is -0.111. The van der Waals surface area contributed by atoms with E-state index in [4.69, 9.17) is 14.2 Å². The standard InChI is InChI=1S/C23H27NO5/c1-3-15-28-21-12-5-18(6-13-21)7-14-22(25)24-20-10-8-19(9-11-20)23(26)29-17-16-27-4-2/h5-14H,3-4,15-17H2,1-2H3,(H,24,25)/b14-7+. The summed E-state index contributed by atoms with van der Waals surface area (Å²) in [5.41, 5.74) is 1.91. The van der Waals surface area contributed by atoms with Gasteiger partial charge in [0.05, 0.1) is 18.8 Å². The van der Waals surface area contributed by atoms with E-state index in [9.17, 15) is 9.59 Å². The molecule has 6 heteroatoms. The molecule has 0 atom stereocenters. The molecular formula is C23H27NO5. The van der Waals surface area contributed by atoms with Gasteiger partial charge in [-0.15, -0.1) is 0 Å². The molecule has 0 aliphatic heterocycles. The molecule has 0 radical (unpaired) electrons. The number of hydrogen-bond acceptors (Lipinski definition) is 5. The molecular weight excluding hydrogens is 370 g/mol. The molecule has 6 nitrogen and oxygen atoms in total. The van der Waals surface area contributed by atoms with Gasteiger partial charge in [-0.1, -0.05) is 19.1 Å². The van der Waals surface area contributed by atoms with E-state index in [1.54, 1.807) is 30.3 Å². The lowest BCUT2D eigenvalue weighted by Gasteiger charge is -2.06. The normalized spacial score (nSPS) is 10.7. The molecule has 29 heavy (non-hydrogen) atoms. The molecule has 0 aliphatic rings. The molecule has 1 N–H and O–H groups in total. The van der Waals surface area contributed by atoms with Crippen molar-refractivity contribution in [1.82, 2.24) is 0 Å². The van der Waals surface area contributed by atoms with E-state index in [2.05, 4.69) is 12.2 Å². The number of carbonyl (C=O) groups is 2. The third-order valence-electron chi connectivity index (χ3n) is 3.83. The minimum absolute atomic E-state index is 0.210. The van der Waals surface area contributed by atoms with E-state index >= 15 is 0 Å². The highest BCUT2D eigenvalue weighted by molar-refractivity contribution is 6.02. The average molecular weight is 397 g/mol. The van der Waals surface area contributed by atoms with E-state index in [-0.39, 0.29) is 12.5 Å². The van der Waals surface area contributed by atoms with Gasteiger partial charge in [0.15, 0.2) is 0 Å². The van der Waals surface area contributed by atoms with E-state index in [1.807, 2.05) is 31.2 Å². The molecule has 0 heterocycles. The van der Waals surface area contributed by atoms with Gasteiger partial charge in [0.1, 0.15) is 12.4 Å². The van der Waals surface area contributed by atoms with Gasteiger partial charge in [0, 0.05) is 18.4 Å². The molecule has 0 saturated carbocycles. The number of esters is 1. The molecule has 2 aromatic rings. The van der Waals surface area contributed by atoms with Crippen LogP contribution in [0.25, 0.3) is 6.08 Å². The molecule has 0 spiro atoms. The van der Waals surface area contributed by atoms with Gasteiger partial charge in [0.2, 0.25) is 5.91 Å². The zero-order chi connectivity index (χ0) is 20.9. The first kappa shape index (κ1) is 22.2. The maximum Gasteiger partial charge on any atom is 0.338 e. The molecule has 1 amide bonds. The van der Waals surface area contributed by atoms with E-state index < -0.39 is 5.97 Å². The maximum atomic E-state index is 12.1. The largest absolute Gasteiger partial charge is 0.494 e. The van der Waals surface area contributed by atoms with Crippen molar-refractivity contribution in [2.75, 3.05) is 31.7 Å². The Balaban J connectivity index is 1.82. The number of hydrogen-bond donors (Lipinski definition) is 1. The number of anilines is 1. The second-order valence-corrected chi connectivity index (χ2v) is 6.15. The highest BCUT2D eigenvalue weighted by atomic mass is 16.6. The Morgan fingerprint density at radius 1 is 0.931 bits per heavy atom. The Morgan fingerprint density at radius 2 is 1.66 bits per heavy atom. The Hall–Kier alpha value is -3.12. The summed E-state index contributed by atoms with van der Waals surface area (Å²) in [5.74, 6) is 0.127. The number of carbonyl (C=O) groups excluding carboxylic acids is 2. The van der Waals surface area contributed by atoms with Crippen molar-refractivity contribution >= 4 is 23.6 Å². The second kappa shape index (κ2) is 12.4. The van der Waals surface area contributed by atoms with Gasteiger partial charge < -0.3 is 19.5 Å². The van der Waals surface area contributed by atoms with Gasteiger partial charge in [0.25, 0.3) is 0 Å². The Labute approximate surface area is 171 Å². The summed E-state index contributed by atoms with van der Waals surface area (Å²) in [6, 6.07) is 14.1. The van der Waals surface area contributed by atoms with E-state index in [0.29, 0.717) is 31.1 Å². The minimum Gasteiger partial charge on any atom is -0.494 e. The van der Waals surface area contributed by atoms with Crippen LogP contribution in [0.4, 0.5) is 5.69 Å². The molecule has 154 valence electrons. The van der Waals surface area contributed by atoms with Crippen molar-refractivity contribution in [3.63, 3.8) is 0 Å². The topological polar surface area (TPSA) is 73.9 Å². The van der Waals surface area contributed by atoms with Crippen molar-refractivity contribution in [2.24, 2.45) is 0 Å². The van der Waals surface area contributed by atoms with Crippen molar-refractivity contribution in [3.05, 3.63) is 65.7 Å². The van der Waals surface area contributed by atoms with Gasteiger partial charge in [-0.2, -0.15) is 0 Å². The predicted molar refractivity (Wildman–Crippen MR) is 113 cm³/mol. The smallest absolute Gasteiger partial charge is 0.338 e. The first-order chi connectivity index (χ1) is 14.1. The summed E-state index contributed by atoms with van der Waals surface area (Å²) < 4.78 is 15.7. The van der Waals surface area contributed by atoms with Gasteiger partial charge in [-0.25, -0.2) is 4.79 Å². The van der Waals surface area contributed by atoms with Crippen molar-refractivity contribution in [1.29, 1.82) is 0 Å². The highest BCUT2D eigenvalue weighted by Crippen LogP contribution is 2.14. The Morgan fingerprint density at radius 3 is 2.31 bits per heavy atom. The average Bonchev–Trinajstić information content (AvgIpc) is 2.75. The third kappa shape index (κ3) is 8.19. The number of nitrogens with one attached hydrogen (secondary N) is 1. The van der Waals surface area contributed by atoms with Gasteiger partial charge in [-0.05, 0) is 61.4 Å². The summed E-state index contributed by atoms with van der Waals surface area (Å²) >= 11 is 0. The monoisotopic (exact) mass is 397 g/mol. The predicted octanol–water partition coefficient (Wildman–Crippen LogP) is 4.32. The summed E-state index contributed by atoms with van der Waals surface area (Å²) in [6.45, 7) is 5.78. The van der Waals surface area contributed by atoms with Crippen molar-refractivity contribution in [3.8, 4) is 5.75 Å². The molecule has 0 unspecified atom stereocenters. The minimum atomic E-state index is -0.422. The van der Waals surface area contributed by atoms with E-state index in [0.717, 1.165) is 17.7 Å². The van der Waals surface area contributed by atoms with Crippen LogP contribution in [0.1, 0.15) is 36.2 Å². The fraction of sp³-hybridized carbons (Fsp3) is 0.304. The summed E-state index contributed by atoms with van der Waals surface area (Å²) in [4.78, 5) is 24.0. The first-order valence-corrected chi connectivity index (χ1v) is 9.69. The van der Waals surface area contributed by atoms with Crippen LogP contribution >= 0.6 is 0 Å². The van der Waals surface area contributed by atoms with Crippen LogP contribution in [0.15, 0.2) is 54.6 Å². The van der Waals surface area contributed by atoms with Crippen LogP contribution < -0.4 is 10.1 Å². The lowest BCUT2D eigenvalue weighted by Crippen LogP contribution is -2.11. The zero-order valence-electron chi connectivity index (χ0n) is 16.9. The fourth-order valence-electron chi connectivity index (χ4n) is 2.36. The molecule has 0 aliphatic carbocycles. The number of rotatable bonds is 11. The second-order valence-electron chi connectivity index (χ2n) is 6.15. The molecule has 0 aromatic heterocycles.